The SMILES string of the molecule is O=C(O)C1=CC=CN(C2O[C@H](CO)[C@@H](O)[C@H]2O)C1. The zero-order chi connectivity index (χ0) is 13.3. The standard InChI is InChI=1S/C11H15NO6/c13-5-7-8(14)9(15)10(18-7)12-3-1-2-6(4-12)11(16)17/h1-3,7-10,13-15H,4-5H2,(H,16,17)/t7-,8-,9-,10?/m1/s1. The van der Waals surface area contributed by atoms with Crippen molar-refractivity contribution in [3.8, 4) is 0 Å². The predicted octanol–water partition coefficient (Wildman–Crippen LogP) is -1.73. The van der Waals surface area contributed by atoms with Crippen LogP contribution in [0.25, 0.3) is 0 Å². The highest BCUT2D eigenvalue weighted by atomic mass is 16.6. The van der Waals surface area contributed by atoms with Crippen LogP contribution in [0.2, 0.25) is 0 Å². The molecule has 2 aliphatic heterocycles. The first-order valence-electron chi connectivity index (χ1n) is 5.53. The average molecular weight is 257 g/mol. The summed E-state index contributed by atoms with van der Waals surface area (Å²) < 4.78 is 5.31. The zero-order valence-corrected chi connectivity index (χ0v) is 9.51. The van der Waals surface area contributed by atoms with Crippen LogP contribution in [0.1, 0.15) is 0 Å². The van der Waals surface area contributed by atoms with Crippen molar-refractivity contribution in [3.63, 3.8) is 0 Å². The molecule has 2 aliphatic rings. The molecule has 0 aromatic rings. The molecule has 0 spiro atoms. The maximum atomic E-state index is 10.9. The lowest BCUT2D eigenvalue weighted by molar-refractivity contribution is -0.133. The summed E-state index contributed by atoms with van der Waals surface area (Å²) in [7, 11) is 0. The third-order valence-electron chi connectivity index (χ3n) is 3.05. The Balaban J connectivity index is 2.08. The fourth-order valence-corrected chi connectivity index (χ4v) is 2.04. The van der Waals surface area contributed by atoms with Crippen molar-refractivity contribution in [2.24, 2.45) is 0 Å². The Morgan fingerprint density at radius 2 is 2.17 bits per heavy atom. The Kier molecular flexibility index (Phi) is 3.67. The van der Waals surface area contributed by atoms with Crippen LogP contribution in [-0.4, -0.2) is 69.0 Å². The number of rotatable bonds is 3. The van der Waals surface area contributed by atoms with Crippen LogP contribution in [0.5, 0.6) is 0 Å². The first kappa shape index (κ1) is 13.0. The van der Waals surface area contributed by atoms with Crippen molar-refractivity contribution in [1.29, 1.82) is 0 Å². The largest absolute Gasteiger partial charge is 0.478 e. The van der Waals surface area contributed by atoms with Gasteiger partial charge < -0.3 is 30.1 Å². The average Bonchev–Trinajstić information content (AvgIpc) is 2.66. The van der Waals surface area contributed by atoms with Gasteiger partial charge in [-0.25, -0.2) is 4.79 Å². The monoisotopic (exact) mass is 257 g/mol. The van der Waals surface area contributed by atoms with Gasteiger partial charge >= 0.3 is 5.97 Å². The number of aliphatic carboxylic acids is 1. The van der Waals surface area contributed by atoms with E-state index in [2.05, 4.69) is 0 Å². The molecule has 1 saturated heterocycles. The lowest BCUT2D eigenvalue weighted by atomic mass is 10.1. The molecule has 100 valence electrons. The van der Waals surface area contributed by atoms with Crippen LogP contribution < -0.4 is 0 Å². The minimum atomic E-state index is -1.19. The van der Waals surface area contributed by atoms with Crippen LogP contribution in [0.4, 0.5) is 0 Å². The lowest BCUT2D eigenvalue weighted by Crippen LogP contribution is -2.43. The van der Waals surface area contributed by atoms with Crippen LogP contribution >= 0.6 is 0 Å². The summed E-state index contributed by atoms with van der Waals surface area (Å²) in [5.74, 6) is -1.05. The highest BCUT2D eigenvalue weighted by Crippen LogP contribution is 2.26. The van der Waals surface area contributed by atoms with Crippen molar-refractivity contribution >= 4 is 5.97 Å². The number of carbonyl (C=O) groups is 1. The van der Waals surface area contributed by atoms with E-state index in [1.807, 2.05) is 0 Å². The molecule has 0 aromatic heterocycles. The number of carboxylic acids is 1. The van der Waals surface area contributed by atoms with Gasteiger partial charge in [0.15, 0.2) is 6.23 Å². The molecule has 0 aliphatic carbocycles. The highest BCUT2D eigenvalue weighted by Gasteiger charge is 2.45. The number of hydrogen-bond acceptors (Lipinski definition) is 6. The molecule has 1 unspecified atom stereocenters. The molecule has 2 heterocycles. The molecule has 2 rings (SSSR count). The summed E-state index contributed by atoms with van der Waals surface area (Å²) in [4.78, 5) is 12.3. The molecule has 0 aromatic carbocycles. The van der Waals surface area contributed by atoms with Crippen molar-refractivity contribution in [2.75, 3.05) is 13.2 Å². The van der Waals surface area contributed by atoms with Crippen LogP contribution in [0.15, 0.2) is 23.9 Å². The van der Waals surface area contributed by atoms with E-state index in [1.165, 1.54) is 17.1 Å². The van der Waals surface area contributed by atoms with Crippen molar-refractivity contribution in [3.05, 3.63) is 23.9 Å². The van der Waals surface area contributed by atoms with Crippen LogP contribution in [-0.2, 0) is 9.53 Å². The number of allylic oxidation sites excluding steroid dienone is 2. The first-order chi connectivity index (χ1) is 8.54. The Morgan fingerprint density at radius 3 is 2.72 bits per heavy atom. The smallest absolute Gasteiger partial charge is 0.333 e. The summed E-state index contributed by atoms with van der Waals surface area (Å²) in [6.07, 6.45) is 0.454. The molecule has 7 nitrogen and oxygen atoms in total. The normalized spacial score (nSPS) is 35.7. The Bertz CT molecular complexity index is 393. The minimum absolute atomic E-state index is 0.0679. The van der Waals surface area contributed by atoms with Gasteiger partial charge in [0.05, 0.1) is 18.7 Å². The second-order valence-electron chi connectivity index (χ2n) is 4.24. The topological polar surface area (TPSA) is 110 Å². The molecular formula is C11H15NO6. The van der Waals surface area contributed by atoms with Gasteiger partial charge in [0.25, 0.3) is 0 Å². The highest BCUT2D eigenvalue weighted by molar-refractivity contribution is 5.87. The minimum Gasteiger partial charge on any atom is -0.478 e. The van der Waals surface area contributed by atoms with E-state index < -0.39 is 37.1 Å². The number of aliphatic hydroxyl groups excluding tert-OH is 3. The zero-order valence-electron chi connectivity index (χ0n) is 9.51. The van der Waals surface area contributed by atoms with E-state index in [-0.39, 0.29) is 12.1 Å². The van der Waals surface area contributed by atoms with Crippen LogP contribution in [0.3, 0.4) is 0 Å². The van der Waals surface area contributed by atoms with Crippen LogP contribution in [0, 0.1) is 0 Å². The second kappa shape index (κ2) is 5.07. The maximum Gasteiger partial charge on any atom is 0.333 e. The summed E-state index contributed by atoms with van der Waals surface area (Å²) >= 11 is 0. The molecule has 4 N–H and O–H groups in total. The number of hydrogen-bond donors (Lipinski definition) is 4. The Hall–Kier alpha value is -1.41. The van der Waals surface area contributed by atoms with Gasteiger partial charge in [-0.2, -0.15) is 0 Å². The van der Waals surface area contributed by atoms with Gasteiger partial charge in [0.2, 0.25) is 0 Å². The summed E-state index contributed by atoms with van der Waals surface area (Å²) in [5, 5.41) is 37.3. The Morgan fingerprint density at radius 1 is 1.44 bits per heavy atom. The Labute approximate surface area is 103 Å². The molecule has 0 bridgehead atoms. The van der Waals surface area contributed by atoms with Gasteiger partial charge in [-0.3, -0.25) is 0 Å². The van der Waals surface area contributed by atoms with E-state index in [0.29, 0.717) is 0 Å². The first-order valence-corrected chi connectivity index (χ1v) is 5.53. The number of nitrogens with zero attached hydrogens (tertiary/aromatic N) is 1. The van der Waals surface area contributed by atoms with Crippen molar-refractivity contribution in [2.45, 2.75) is 24.5 Å². The van der Waals surface area contributed by atoms with Gasteiger partial charge in [-0.15, -0.1) is 0 Å². The molecule has 7 heteroatoms. The van der Waals surface area contributed by atoms with E-state index in [1.54, 1.807) is 6.20 Å². The number of carboxylic acid groups (broad SMARTS) is 1. The molecule has 1 fully saturated rings. The molecule has 0 radical (unpaired) electrons. The third kappa shape index (κ3) is 2.25. The van der Waals surface area contributed by atoms with E-state index in [9.17, 15) is 15.0 Å². The second-order valence-corrected chi connectivity index (χ2v) is 4.24. The van der Waals surface area contributed by atoms with Gasteiger partial charge in [0, 0.05) is 6.20 Å². The van der Waals surface area contributed by atoms with Gasteiger partial charge in [0.1, 0.15) is 18.3 Å². The molecule has 0 saturated carbocycles. The van der Waals surface area contributed by atoms with E-state index in [0.717, 1.165) is 0 Å². The fourth-order valence-electron chi connectivity index (χ4n) is 2.04. The maximum absolute atomic E-state index is 10.9. The fraction of sp³-hybridized carbons (Fsp3) is 0.545. The third-order valence-corrected chi connectivity index (χ3v) is 3.05. The summed E-state index contributed by atoms with van der Waals surface area (Å²) in [6, 6.07) is 0. The van der Waals surface area contributed by atoms with E-state index >= 15 is 0 Å². The number of aliphatic hydroxyl groups is 3. The quantitative estimate of drug-likeness (QED) is 0.475. The van der Waals surface area contributed by atoms with Crippen molar-refractivity contribution < 1.29 is 30.0 Å². The van der Waals surface area contributed by atoms with Gasteiger partial charge in [-0.05, 0) is 12.2 Å². The molecular weight excluding hydrogens is 242 g/mol. The summed E-state index contributed by atoms with van der Waals surface area (Å²) in [5.41, 5.74) is 0.162. The van der Waals surface area contributed by atoms with Gasteiger partial charge in [-0.1, -0.05) is 0 Å². The van der Waals surface area contributed by atoms with Crippen molar-refractivity contribution in [1.82, 2.24) is 4.90 Å². The van der Waals surface area contributed by atoms with E-state index in [4.69, 9.17) is 14.9 Å². The molecule has 0 amide bonds. The summed E-state index contributed by atoms with van der Waals surface area (Å²) in [6.45, 7) is -0.341. The predicted molar refractivity (Wildman–Crippen MR) is 59.3 cm³/mol. The molecule has 18 heavy (non-hydrogen) atoms. The number of ether oxygens (including phenoxy) is 1. The lowest BCUT2D eigenvalue weighted by Gasteiger charge is -2.30. The molecule has 4 atom stereocenters.